The zero-order valence-corrected chi connectivity index (χ0v) is 34.4. The van der Waals surface area contributed by atoms with Gasteiger partial charge in [0.15, 0.2) is 11.9 Å². The first kappa shape index (κ1) is 50.1. The fourth-order valence-corrected chi connectivity index (χ4v) is 6.46. The zero-order chi connectivity index (χ0) is 40.4. The Morgan fingerprint density at radius 3 is 2.25 bits per heavy atom. The Morgan fingerprint density at radius 2 is 1.51 bits per heavy atom. The summed E-state index contributed by atoms with van der Waals surface area (Å²) in [6.45, 7) is 3.24. The number of esters is 2. The van der Waals surface area contributed by atoms with Crippen LogP contribution in [0.3, 0.4) is 0 Å². The van der Waals surface area contributed by atoms with Crippen molar-refractivity contribution in [3.63, 3.8) is 0 Å². The minimum absolute atomic E-state index is 0.0181. The lowest BCUT2D eigenvalue weighted by atomic mass is 9.90. The second kappa shape index (κ2) is 33.2. The van der Waals surface area contributed by atoms with E-state index >= 15 is 0 Å². The van der Waals surface area contributed by atoms with E-state index in [0.29, 0.717) is 32.1 Å². The Balaban J connectivity index is 2.41. The number of ketones is 1. The first-order chi connectivity index (χ1) is 26.6. The number of aliphatic hydroxyl groups is 1. The van der Waals surface area contributed by atoms with Crippen LogP contribution in [-0.4, -0.2) is 66.3 Å². The average molecular weight is 792 g/mol. The van der Waals surface area contributed by atoms with Crippen LogP contribution in [0.15, 0.2) is 72.9 Å². The molecule has 1 aliphatic rings. The summed E-state index contributed by atoms with van der Waals surface area (Å²) >= 11 is 0. The molecule has 0 fully saturated rings. The molecule has 0 aliphatic heterocycles. The molecule has 0 heterocycles. The molecule has 0 aromatic carbocycles. The van der Waals surface area contributed by atoms with Crippen LogP contribution < -0.4 is 5.73 Å². The molecule has 1 rings (SSSR count). The van der Waals surface area contributed by atoms with E-state index in [2.05, 4.69) is 50.3 Å². The van der Waals surface area contributed by atoms with Gasteiger partial charge in [0.25, 0.3) is 0 Å². The number of hydrogen-bond donors (Lipinski definition) is 3. The monoisotopic (exact) mass is 791 g/mol. The largest absolute Gasteiger partial charge is 0.472 e. The van der Waals surface area contributed by atoms with E-state index in [9.17, 15) is 28.9 Å². The van der Waals surface area contributed by atoms with Gasteiger partial charge >= 0.3 is 19.8 Å². The van der Waals surface area contributed by atoms with Gasteiger partial charge in [-0.3, -0.25) is 23.4 Å². The fourth-order valence-electron chi connectivity index (χ4n) is 5.70. The van der Waals surface area contributed by atoms with Crippen LogP contribution in [0.5, 0.6) is 0 Å². The molecule has 1 unspecified atom stereocenters. The van der Waals surface area contributed by atoms with Crippen LogP contribution in [0, 0.1) is 11.8 Å². The number of allylic oxidation sites excluding steroid dienone is 11. The van der Waals surface area contributed by atoms with Crippen LogP contribution in [0.25, 0.3) is 0 Å². The third-order valence-electron chi connectivity index (χ3n) is 8.82. The lowest BCUT2D eigenvalue weighted by molar-refractivity contribution is -0.161. The Labute approximate surface area is 330 Å². The molecule has 0 radical (unpaired) electrons. The molecule has 12 heteroatoms. The Hall–Kier alpha value is -2.92. The smallest absolute Gasteiger partial charge is 0.462 e. The van der Waals surface area contributed by atoms with Crippen molar-refractivity contribution in [2.75, 3.05) is 26.4 Å². The molecule has 0 spiro atoms. The summed E-state index contributed by atoms with van der Waals surface area (Å²) in [7, 11) is -4.43. The molecule has 0 amide bonds. The number of hydrogen-bond acceptors (Lipinski definition) is 10. The molecular weight excluding hydrogens is 721 g/mol. The van der Waals surface area contributed by atoms with Gasteiger partial charge in [0, 0.05) is 25.3 Å². The molecule has 4 N–H and O–H groups in total. The van der Waals surface area contributed by atoms with Crippen molar-refractivity contribution in [3.8, 4) is 0 Å². The molecule has 312 valence electrons. The normalized spacial score (nSPS) is 18.4. The summed E-state index contributed by atoms with van der Waals surface area (Å²) in [5.74, 6) is -1.22. The number of rotatable bonds is 34. The molecule has 0 aromatic rings. The van der Waals surface area contributed by atoms with E-state index in [0.717, 1.165) is 70.6 Å². The van der Waals surface area contributed by atoms with E-state index in [1.54, 1.807) is 12.2 Å². The molecule has 0 saturated carbocycles. The summed E-state index contributed by atoms with van der Waals surface area (Å²) in [6.07, 6.45) is 37.0. The SMILES string of the molecule is CC/C=C\C/C=C\C/C=C\CCCCCCCC(=O)O[C@H](COC(=O)CCC/C=C\C[C@H]1C=CC(=O)[C@@H]1/C=C/[C@@H](O)CCCCC)COP(=O)(O)OCCN. The predicted octanol–water partition coefficient (Wildman–Crippen LogP) is 9.11. The number of phosphoric ester groups is 1. The van der Waals surface area contributed by atoms with Crippen molar-refractivity contribution in [1.29, 1.82) is 0 Å². The average Bonchev–Trinajstić information content (AvgIpc) is 3.52. The molecule has 1 aliphatic carbocycles. The van der Waals surface area contributed by atoms with Crippen molar-refractivity contribution in [2.24, 2.45) is 17.6 Å². The molecule has 5 atom stereocenters. The van der Waals surface area contributed by atoms with Gasteiger partial charge in [-0.25, -0.2) is 4.57 Å². The van der Waals surface area contributed by atoms with Gasteiger partial charge < -0.3 is 25.2 Å². The van der Waals surface area contributed by atoms with E-state index in [1.807, 2.05) is 24.3 Å². The van der Waals surface area contributed by atoms with Gasteiger partial charge in [0.05, 0.1) is 19.3 Å². The maximum atomic E-state index is 12.6. The third kappa shape index (κ3) is 28.2. The lowest BCUT2D eigenvalue weighted by Gasteiger charge is -2.19. The second-order valence-electron chi connectivity index (χ2n) is 13.8. The highest BCUT2D eigenvalue weighted by atomic mass is 31.2. The highest BCUT2D eigenvalue weighted by molar-refractivity contribution is 7.47. The quantitative estimate of drug-likeness (QED) is 0.0246. The van der Waals surface area contributed by atoms with E-state index < -0.39 is 38.6 Å². The number of carbonyl (C=O) groups excluding carboxylic acids is 3. The molecule has 11 nitrogen and oxygen atoms in total. The summed E-state index contributed by atoms with van der Waals surface area (Å²) in [4.78, 5) is 47.3. The first-order valence-corrected chi connectivity index (χ1v) is 22.0. The third-order valence-corrected chi connectivity index (χ3v) is 9.81. The first-order valence-electron chi connectivity index (χ1n) is 20.5. The number of phosphoric acid groups is 1. The Bertz CT molecular complexity index is 1270. The highest BCUT2D eigenvalue weighted by Crippen LogP contribution is 2.43. The number of unbranched alkanes of at least 4 members (excludes halogenated alkanes) is 8. The molecule has 0 bridgehead atoms. The fraction of sp³-hybridized carbons (Fsp3) is 0.651. The Morgan fingerprint density at radius 1 is 0.836 bits per heavy atom. The molecular formula is C43H70NO10P. The van der Waals surface area contributed by atoms with Gasteiger partial charge in [0.2, 0.25) is 0 Å². The number of ether oxygens (including phenoxy) is 2. The van der Waals surface area contributed by atoms with Gasteiger partial charge in [-0.2, -0.15) is 0 Å². The number of nitrogens with two attached hydrogens (primary N) is 1. The van der Waals surface area contributed by atoms with E-state index in [1.165, 1.54) is 0 Å². The molecule has 0 saturated heterocycles. The summed E-state index contributed by atoms with van der Waals surface area (Å²) in [5.41, 5.74) is 5.33. The molecule has 55 heavy (non-hydrogen) atoms. The standard InChI is InChI=1S/C43H70NO10P/c1-3-5-7-8-9-10-11-12-13-14-15-16-17-18-24-28-43(48)54-39(36-53-55(49,50)52-34-33-44)35-51-42(47)27-23-20-19-22-25-37-29-32-41(46)40(37)31-30-38(45)26-21-6-4-2/h5,7,9-10,12-13,19,22,29-32,37-40,45H,3-4,6,8,11,14-18,20-21,23-28,33-36,44H2,1-2H3,(H,49,50)/b7-5-,10-9-,13-12-,22-19-,31-30+/t37-,38-,39+,40+/m0/s1. The van der Waals surface area contributed by atoms with Gasteiger partial charge in [0.1, 0.15) is 6.61 Å². The van der Waals surface area contributed by atoms with Crippen LogP contribution in [-0.2, 0) is 37.5 Å². The molecule has 0 aromatic heterocycles. The minimum atomic E-state index is -4.43. The highest BCUT2D eigenvalue weighted by Gasteiger charge is 2.27. The summed E-state index contributed by atoms with van der Waals surface area (Å²) < 4.78 is 32.7. The van der Waals surface area contributed by atoms with Crippen molar-refractivity contribution < 1.29 is 47.5 Å². The minimum Gasteiger partial charge on any atom is -0.462 e. The second-order valence-corrected chi connectivity index (χ2v) is 15.2. The van der Waals surface area contributed by atoms with Gasteiger partial charge in [-0.15, -0.1) is 0 Å². The van der Waals surface area contributed by atoms with Crippen LogP contribution in [0.2, 0.25) is 0 Å². The number of aliphatic hydroxyl groups excluding tert-OH is 1. The van der Waals surface area contributed by atoms with Crippen molar-refractivity contribution in [3.05, 3.63) is 72.9 Å². The maximum Gasteiger partial charge on any atom is 0.472 e. The van der Waals surface area contributed by atoms with Crippen LogP contribution in [0.4, 0.5) is 0 Å². The van der Waals surface area contributed by atoms with E-state index in [-0.39, 0.29) is 50.2 Å². The van der Waals surface area contributed by atoms with Crippen LogP contribution >= 0.6 is 7.82 Å². The Kier molecular flexibility index (Phi) is 30.3. The van der Waals surface area contributed by atoms with E-state index in [4.69, 9.17) is 24.3 Å². The van der Waals surface area contributed by atoms with Crippen molar-refractivity contribution in [2.45, 2.75) is 142 Å². The maximum absolute atomic E-state index is 12.6. The van der Waals surface area contributed by atoms with Crippen molar-refractivity contribution >= 4 is 25.5 Å². The van der Waals surface area contributed by atoms with Crippen molar-refractivity contribution in [1.82, 2.24) is 0 Å². The number of carbonyl (C=O) groups is 3. The lowest BCUT2D eigenvalue weighted by Crippen LogP contribution is -2.29. The van der Waals surface area contributed by atoms with Gasteiger partial charge in [-0.05, 0) is 76.2 Å². The van der Waals surface area contributed by atoms with Crippen LogP contribution in [0.1, 0.15) is 129 Å². The van der Waals surface area contributed by atoms with Gasteiger partial charge in [-0.1, -0.05) is 119 Å². The summed E-state index contributed by atoms with van der Waals surface area (Å²) in [5, 5.41) is 10.2. The predicted molar refractivity (Wildman–Crippen MR) is 219 cm³/mol. The topological polar surface area (TPSA) is 172 Å². The zero-order valence-electron chi connectivity index (χ0n) is 33.5. The summed E-state index contributed by atoms with van der Waals surface area (Å²) in [6, 6.07) is 0.